The summed E-state index contributed by atoms with van der Waals surface area (Å²) < 4.78 is 5.62. The Morgan fingerprint density at radius 2 is 0.971 bits per heavy atom. The van der Waals surface area contributed by atoms with Gasteiger partial charge in [0.25, 0.3) is 0 Å². The molecular weight excluding hydrogens is 432 g/mol. The first-order chi connectivity index (χ1) is 16.1. The average Bonchev–Trinajstić information content (AvgIpc) is 3.59. The first-order valence-electron chi connectivity index (χ1n) is 15.2. The van der Waals surface area contributed by atoms with Gasteiger partial charge in [0.1, 0.15) is 0 Å². The van der Waals surface area contributed by atoms with Gasteiger partial charge in [0.15, 0.2) is 0 Å². The molecule has 15 unspecified atom stereocenters. The molecule has 2 N–H and O–H groups in total. The molecule has 9 saturated carbocycles. The van der Waals surface area contributed by atoms with Gasteiger partial charge in [-0.1, -0.05) is 14.9 Å². The van der Waals surface area contributed by atoms with Gasteiger partial charge < -0.3 is 14.9 Å². The molecule has 15 atom stereocenters. The highest BCUT2D eigenvalue weighted by Gasteiger charge is 2.64. The van der Waals surface area contributed by atoms with Gasteiger partial charge >= 0.3 is 0 Å². The molecule has 0 aromatic rings. The smallest absolute Gasteiger partial charge is 0.0875 e. The normalized spacial score (nSPS) is 59.8. The Bertz CT molecular complexity index is 714. The Hall–Kier alpha value is -0.120. The molecule has 9 aliphatic carbocycles. The third-order valence-electron chi connectivity index (χ3n) is 13.4. The SMILES string of the molecule is C.C.C1CC2CC1C1CC3OC3C21.OC1CC2C3CCC(C3)C2C1.OC1CCC2C3CCC(C3)C12. The fourth-order valence-electron chi connectivity index (χ4n) is 12.3. The summed E-state index contributed by atoms with van der Waals surface area (Å²) in [6, 6.07) is 0. The Kier molecular flexibility index (Phi) is 6.66. The largest absolute Gasteiger partial charge is 0.393 e. The van der Waals surface area contributed by atoms with E-state index in [1.807, 2.05) is 0 Å². The van der Waals surface area contributed by atoms with Crippen molar-refractivity contribution in [3.05, 3.63) is 0 Å². The molecule has 10 aliphatic rings. The molecule has 10 rings (SSSR count). The van der Waals surface area contributed by atoms with Gasteiger partial charge in [-0.05, 0) is 161 Å². The standard InChI is InChI=1S/C10H14O.2C10H16O.2CH4/c1-2-6-3-5(1)7-4-8-10(11-8)9(6)7;11-8-4-9-6-1-2-7(3-6)10(9)5-8;11-9-4-3-8-6-1-2-7(5-6)10(8)9;;/h5-10H,1-4H2;2*6-11H,1-5H2;2*1H4. The van der Waals surface area contributed by atoms with Crippen molar-refractivity contribution in [1.29, 1.82) is 0 Å². The second kappa shape index (κ2) is 9.26. The maximum atomic E-state index is 9.72. The van der Waals surface area contributed by atoms with E-state index >= 15 is 0 Å². The third-order valence-corrected chi connectivity index (χ3v) is 13.4. The number of rotatable bonds is 0. The maximum Gasteiger partial charge on any atom is 0.0875 e. The van der Waals surface area contributed by atoms with Crippen LogP contribution in [0.2, 0.25) is 0 Å². The molecule has 0 amide bonds. The monoisotopic (exact) mass is 486 g/mol. The topological polar surface area (TPSA) is 53.0 Å². The van der Waals surface area contributed by atoms with Gasteiger partial charge in [-0.2, -0.15) is 0 Å². The summed E-state index contributed by atoms with van der Waals surface area (Å²) in [5.74, 6) is 11.8. The van der Waals surface area contributed by atoms with Crippen LogP contribution in [0, 0.1) is 71.0 Å². The highest BCUT2D eigenvalue weighted by molar-refractivity contribution is 5.12. The van der Waals surface area contributed by atoms with Crippen LogP contribution in [0.3, 0.4) is 0 Å². The lowest BCUT2D eigenvalue weighted by molar-refractivity contribution is 0.0863. The van der Waals surface area contributed by atoms with Crippen LogP contribution >= 0.6 is 0 Å². The maximum absolute atomic E-state index is 9.72. The molecule has 3 heteroatoms. The van der Waals surface area contributed by atoms with Crippen molar-refractivity contribution in [2.75, 3.05) is 0 Å². The number of hydrogen-bond acceptors (Lipinski definition) is 3. The van der Waals surface area contributed by atoms with Crippen LogP contribution in [0.15, 0.2) is 0 Å². The lowest BCUT2D eigenvalue weighted by atomic mass is 9.81. The summed E-state index contributed by atoms with van der Waals surface area (Å²) in [7, 11) is 0. The first kappa shape index (κ1) is 25.2. The van der Waals surface area contributed by atoms with Crippen LogP contribution < -0.4 is 0 Å². The predicted molar refractivity (Wildman–Crippen MR) is 141 cm³/mol. The Morgan fingerprint density at radius 3 is 1.57 bits per heavy atom. The minimum absolute atomic E-state index is 0. The molecule has 1 saturated heterocycles. The minimum atomic E-state index is 0. The van der Waals surface area contributed by atoms with Gasteiger partial charge in [0.2, 0.25) is 0 Å². The quantitative estimate of drug-likeness (QED) is 0.375. The average molecular weight is 487 g/mol. The van der Waals surface area contributed by atoms with Crippen molar-refractivity contribution in [2.45, 2.75) is 129 Å². The van der Waals surface area contributed by atoms with Crippen molar-refractivity contribution < 1.29 is 14.9 Å². The van der Waals surface area contributed by atoms with E-state index < -0.39 is 0 Å². The van der Waals surface area contributed by atoms with Crippen LogP contribution in [0.1, 0.15) is 105 Å². The molecular formula is C32H54O3. The van der Waals surface area contributed by atoms with Crippen molar-refractivity contribution in [1.82, 2.24) is 0 Å². The summed E-state index contributed by atoms with van der Waals surface area (Å²) in [6.07, 6.45) is 21.1. The van der Waals surface area contributed by atoms with Crippen molar-refractivity contribution >= 4 is 0 Å². The lowest BCUT2D eigenvalue weighted by Gasteiger charge is -2.26. The van der Waals surface area contributed by atoms with E-state index in [-0.39, 0.29) is 27.1 Å². The molecule has 0 spiro atoms. The van der Waals surface area contributed by atoms with Crippen LogP contribution in [0.4, 0.5) is 0 Å². The summed E-state index contributed by atoms with van der Waals surface area (Å²) in [5, 5.41) is 19.2. The van der Waals surface area contributed by atoms with Crippen LogP contribution in [0.5, 0.6) is 0 Å². The molecule has 35 heavy (non-hydrogen) atoms. The zero-order valence-electron chi connectivity index (χ0n) is 20.4. The number of hydrogen-bond donors (Lipinski definition) is 2. The lowest BCUT2D eigenvalue weighted by Crippen LogP contribution is -2.24. The van der Waals surface area contributed by atoms with Gasteiger partial charge in [-0.3, -0.25) is 0 Å². The van der Waals surface area contributed by atoms with E-state index in [9.17, 15) is 10.2 Å². The molecule has 0 aromatic heterocycles. The van der Waals surface area contributed by atoms with Crippen molar-refractivity contribution in [2.24, 2.45) is 71.0 Å². The fourth-order valence-corrected chi connectivity index (χ4v) is 12.3. The Labute approximate surface area is 215 Å². The zero-order chi connectivity index (χ0) is 21.8. The molecule has 3 nitrogen and oxygen atoms in total. The van der Waals surface area contributed by atoms with Gasteiger partial charge in [0, 0.05) is 0 Å². The van der Waals surface area contributed by atoms with E-state index in [4.69, 9.17) is 4.74 Å². The molecule has 200 valence electrons. The van der Waals surface area contributed by atoms with Crippen molar-refractivity contribution in [3.63, 3.8) is 0 Å². The summed E-state index contributed by atoms with van der Waals surface area (Å²) in [4.78, 5) is 0. The molecule has 10 fully saturated rings. The summed E-state index contributed by atoms with van der Waals surface area (Å²) in [6.45, 7) is 0. The number of epoxide rings is 1. The highest BCUT2D eigenvalue weighted by atomic mass is 16.6. The van der Waals surface area contributed by atoms with Gasteiger partial charge in [0.05, 0.1) is 24.4 Å². The van der Waals surface area contributed by atoms with E-state index in [0.717, 1.165) is 102 Å². The first-order valence-corrected chi connectivity index (χ1v) is 15.2. The second-order valence-corrected chi connectivity index (χ2v) is 14.5. The number of aliphatic hydroxyl groups excluding tert-OH is 2. The fraction of sp³-hybridized carbons (Fsp3) is 1.00. The minimum Gasteiger partial charge on any atom is -0.393 e. The van der Waals surface area contributed by atoms with Crippen molar-refractivity contribution in [3.8, 4) is 0 Å². The Morgan fingerprint density at radius 1 is 0.457 bits per heavy atom. The van der Waals surface area contributed by atoms with Crippen LogP contribution in [0.25, 0.3) is 0 Å². The van der Waals surface area contributed by atoms with E-state index in [1.54, 1.807) is 12.8 Å². The van der Waals surface area contributed by atoms with Gasteiger partial charge in [-0.15, -0.1) is 0 Å². The molecule has 1 heterocycles. The van der Waals surface area contributed by atoms with E-state index in [0.29, 0.717) is 0 Å². The predicted octanol–water partition coefficient (Wildman–Crippen LogP) is 6.70. The van der Waals surface area contributed by atoms with E-state index in [1.165, 1.54) is 57.8 Å². The third kappa shape index (κ3) is 3.91. The molecule has 0 radical (unpaired) electrons. The van der Waals surface area contributed by atoms with E-state index in [2.05, 4.69) is 0 Å². The molecule has 1 aliphatic heterocycles. The Balaban J connectivity index is 0.0000000952. The second-order valence-electron chi connectivity index (χ2n) is 14.5. The van der Waals surface area contributed by atoms with Gasteiger partial charge in [-0.25, -0.2) is 0 Å². The number of fused-ring (bicyclic) bond motifs is 17. The summed E-state index contributed by atoms with van der Waals surface area (Å²) in [5.41, 5.74) is 0. The van der Waals surface area contributed by atoms with Crippen LogP contribution in [-0.4, -0.2) is 34.6 Å². The molecule has 0 aromatic carbocycles. The zero-order valence-corrected chi connectivity index (χ0v) is 20.4. The van der Waals surface area contributed by atoms with Crippen LogP contribution in [-0.2, 0) is 4.74 Å². The summed E-state index contributed by atoms with van der Waals surface area (Å²) >= 11 is 0. The number of aliphatic hydroxyl groups is 2. The number of ether oxygens (including phenoxy) is 1. The highest BCUT2D eigenvalue weighted by Crippen LogP contribution is 2.64. The molecule has 6 bridgehead atoms.